The van der Waals surface area contributed by atoms with Crippen LogP contribution < -0.4 is 0 Å². The molecule has 2 unspecified atom stereocenters. The lowest BCUT2D eigenvalue weighted by Crippen LogP contribution is -2.43. The number of halogens is 2. The lowest BCUT2D eigenvalue weighted by atomic mass is 9.98. The van der Waals surface area contributed by atoms with Crippen LogP contribution in [0.4, 0.5) is 0 Å². The van der Waals surface area contributed by atoms with Crippen LogP contribution in [-0.2, 0) is 0 Å². The van der Waals surface area contributed by atoms with Crippen LogP contribution in [0.25, 0.3) is 0 Å². The number of alkyl halides is 1. The number of piperidine rings is 1. The summed E-state index contributed by atoms with van der Waals surface area (Å²) in [6.07, 6.45) is 0.965. The van der Waals surface area contributed by atoms with Crippen LogP contribution in [0.3, 0.4) is 0 Å². The average Bonchev–Trinajstić information content (AvgIpc) is 2.35. The van der Waals surface area contributed by atoms with E-state index in [9.17, 15) is 4.79 Å². The van der Waals surface area contributed by atoms with Crippen LogP contribution in [0.1, 0.15) is 29.3 Å². The predicted octanol–water partition coefficient (Wildman–Crippen LogP) is 3.74. The summed E-state index contributed by atoms with van der Waals surface area (Å²) in [4.78, 5) is 14.2. The largest absolute Gasteiger partial charge is 0.337 e. The highest BCUT2D eigenvalue weighted by Crippen LogP contribution is 2.24. The molecule has 0 saturated carbocycles. The number of carbonyl (C=O) groups excluding carboxylic acids is 1. The van der Waals surface area contributed by atoms with Crippen LogP contribution in [0.5, 0.6) is 0 Å². The Hall–Kier alpha value is -0.730. The first-order chi connectivity index (χ1) is 8.49. The fraction of sp³-hybridized carbons (Fsp3) is 0.500. The molecule has 1 heterocycles. The van der Waals surface area contributed by atoms with Gasteiger partial charge in [-0.15, -0.1) is 11.6 Å². The smallest absolute Gasteiger partial charge is 0.253 e. The lowest BCUT2D eigenvalue weighted by Gasteiger charge is -2.34. The Kier molecular flexibility index (Phi) is 4.18. The van der Waals surface area contributed by atoms with Gasteiger partial charge in [0.1, 0.15) is 0 Å². The standard InChI is InChI=1S/C14H17Cl2NO/c1-9-5-6-17(8-13(9)16)14(18)11-3-4-12(15)10(2)7-11/h3-4,7,9,13H,5-6,8H2,1-2H3. The molecule has 18 heavy (non-hydrogen) atoms. The number of aryl methyl sites for hydroxylation is 1. The van der Waals surface area contributed by atoms with Crippen molar-refractivity contribution in [1.82, 2.24) is 4.90 Å². The SMILES string of the molecule is Cc1cc(C(=O)N2CCC(C)C(Cl)C2)ccc1Cl. The molecule has 0 N–H and O–H groups in total. The summed E-state index contributed by atoms with van der Waals surface area (Å²) in [5.41, 5.74) is 1.62. The van der Waals surface area contributed by atoms with Crippen LogP contribution >= 0.6 is 23.2 Å². The van der Waals surface area contributed by atoms with Crippen molar-refractivity contribution < 1.29 is 4.79 Å². The molecule has 0 radical (unpaired) electrons. The predicted molar refractivity (Wildman–Crippen MR) is 75.5 cm³/mol. The third-order valence-corrected chi connectivity index (χ3v) is 4.55. The molecule has 1 aromatic rings. The van der Waals surface area contributed by atoms with E-state index in [1.807, 2.05) is 17.9 Å². The van der Waals surface area contributed by atoms with Gasteiger partial charge in [-0.2, -0.15) is 0 Å². The third-order valence-electron chi connectivity index (χ3n) is 3.56. The summed E-state index contributed by atoms with van der Waals surface area (Å²) < 4.78 is 0. The van der Waals surface area contributed by atoms with E-state index in [1.54, 1.807) is 12.1 Å². The molecule has 1 aliphatic heterocycles. The zero-order chi connectivity index (χ0) is 13.3. The average molecular weight is 286 g/mol. The number of hydrogen-bond donors (Lipinski definition) is 0. The van der Waals surface area contributed by atoms with Gasteiger partial charge < -0.3 is 4.90 Å². The fourth-order valence-corrected chi connectivity index (χ4v) is 2.58. The normalized spacial score (nSPS) is 24.1. The summed E-state index contributed by atoms with van der Waals surface area (Å²) >= 11 is 12.2. The summed E-state index contributed by atoms with van der Waals surface area (Å²) in [6.45, 7) is 5.45. The van der Waals surface area contributed by atoms with E-state index >= 15 is 0 Å². The number of rotatable bonds is 1. The van der Waals surface area contributed by atoms with Gasteiger partial charge in [0.2, 0.25) is 0 Å². The molecule has 4 heteroatoms. The van der Waals surface area contributed by atoms with Crippen LogP contribution in [-0.4, -0.2) is 29.3 Å². The highest BCUT2D eigenvalue weighted by molar-refractivity contribution is 6.31. The molecular weight excluding hydrogens is 269 g/mol. The molecule has 0 spiro atoms. The minimum atomic E-state index is 0.0484. The highest BCUT2D eigenvalue weighted by Gasteiger charge is 2.27. The maximum atomic E-state index is 12.3. The number of nitrogens with zero attached hydrogens (tertiary/aromatic N) is 1. The molecule has 0 bridgehead atoms. The van der Waals surface area contributed by atoms with E-state index in [4.69, 9.17) is 23.2 Å². The van der Waals surface area contributed by atoms with Crippen molar-refractivity contribution in [2.75, 3.05) is 13.1 Å². The number of carbonyl (C=O) groups is 1. The van der Waals surface area contributed by atoms with Gasteiger partial charge in [-0.1, -0.05) is 18.5 Å². The van der Waals surface area contributed by atoms with Gasteiger partial charge in [-0.3, -0.25) is 4.79 Å². The van der Waals surface area contributed by atoms with Crippen molar-refractivity contribution in [2.24, 2.45) is 5.92 Å². The molecule has 98 valence electrons. The quantitative estimate of drug-likeness (QED) is 0.720. The van der Waals surface area contributed by atoms with Crippen molar-refractivity contribution in [3.63, 3.8) is 0 Å². The van der Waals surface area contributed by atoms with Gasteiger partial charge in [0.05, 0.1) is 5.38 Å². The molecule has 0 aromatic heterocycles. The Bertz CT molecular complexity index is 461. The van der Waals surface area contributed by atoms with Gasteiger partial charge in [0, 0.05) is 23.7 Å². The van der Waals surface area contributed by atoms with E-state index in [1.165, 1.54) is 0 Å². The number of likely N-dealkylation sites (tertiary alicyclic amines) is 1. The summed E-state index contributed by atoms with van der Waals surface area (Å²) in [5, 5.41) is 0.741. The van der Waals surface area contributed by atoms with E-state index in [0.29, 0.717) is 23.0 Å². The van der Waals surface area contributed by atoms with Crippen LogP contribution in [0.2, 0.25) is 5.02 Å². The van der Waals surface area contributed by atoms with Gasteiger partial charge >= 0.3 is 0 Å². The molecule has 1 saturated heterocycles. The third kappa shape index (κ3) is 2.81. The summed E-state index contributed by atoms with van der Waals surface area (Å²) in [5.74, 6) is 0.523. The minimum absolute atomic E-state index is 0.0484. The summed E-state index contributed by atoms with van der Waals surface area (Å²) in [6, 6.07) is 5.39. The molecule has 1 aromatic carbocycles. The Balaban J connectivity index is 2.14. The maximum absolute atomic E-state index is 12.3. The van der Waals surface area contributed by atoms with E-state index in [2.05, 4.69) is 6.92 Å². The van der Waals surface area contributed by atoms with Crippen LogP contribution in [0.15, 0.2) is 18.2 Å². The Morgan fingerprint density at radius 2 is 2.17 bits per heavy atom. The van der Waals surface area contributed by atoms with E-state index in [-0.39, 0.29) is 11.3 Å². The van der Waals surface area contributed by atoms with Crippen molar-refractivity contribution in [3.05, 3.63) is 34.3 Å². The van der Waals surface area contributed by atoms with Crippen molar-refractivity contribution in [3.8, 4) is 0 Å². The first-order valence-corrected chi connectivity index (χ1v) is 7.00. The second-order valence-corrected chi connectivity index (χ2v) is 5.96. The molecule has 1 fully saturated rings. The molecule has 1 aliphatic rings. The van der Waals surface area contributed by atoms with Gasteiger partial charge in [0.15, 0.2) is 0 Å². The number of hydrogen-bond acceptors (Lipinski definition) is 1. The molecular formula is C14H17Cl2NO. The topological polar surface area (TPSA) is 20.3 Å². The van der Waals surface area contributed by atoms with Crippen molar-refractivity contribution in [2.45, 2.75) is 25.6 Å². The monoisotopic (exact) mass is 285 g/mol. The highest BCUT2D eigenvalue weighted by atomic mass is 35.5. The second-order valence-electron chi connectivity index (χ2n) is 5.00. The number of benzene rings is 1. The molecule has 2 rings (SSSR count). The Labute approximate surface area is 118 Å². The molecule has 2 nitrogen and oxygen atoms in total. The van der Waals surface area contributed by atoms with E-state index < -0.39 is 0 Å². The zero-order valence-corrected chi connectivity index (χ0v) is 12.1. The molecule has 1 amide bonds. The maximum Gasteiger partial charge on any atom is 0.253 e. The zero-order valence-electron chi connectivity index (χ0n) is 10.6. The van der Waals surface area contributed by atoms with Gasteiger partial charge in [-0.05, 0) is 43.0 Å². The second kappa shape index (κ2) is 5.50. The van der Waals surface area contributed by atoms with Gasteiger partial charge in [-0.25, -0.2) is 0 Å². The van der Waals surface area contributed by atoms with Crippen molar-refractivity contribution >= 4 is 29.1 Å². The van der Waals surface area contributed by atoms with Crippen LogP contribution in [0, 0.1) is 12.8 Å². The fourth-order valence-electron chi connectivity index (χ4n) is 2.17. The molecule has 0 aliphatic carbocycles. The first kappa shape index (κ1) is 13.7. The molecule has 2 atom stereocenters. The first-order valence-electron chi connectivity index (χ1n) is 6.18. The van der Waals surface area contributed by atoms with Gasteiger partial charge in [0.25, 0.3) is 5.91 Å². The number of amides is 1. The van der Waals surface area contributed by atoms with Crippen molar-refractivity contribution in [1.29, 1.82) is 0 Å². The Morgan fingerprint density at radius 3 is 2.78 bits per heavy atom. The Morgan fingerprint density at radius 1 is 1.44 bits per heavy atom. The minimum Gasteiger partial charge on any atom is -0.337 e. The van der Waals surface area contributed by atoms with E-state index in [0.717, 1.165) is 18.5 Å². The lowest BCUT2D eigenvalue weighted by molar-refractivity contribution is 0.0701. The summed E-state index contributed by atoms with van der Waals surface area (Å²) in [7, 11) is 0.